The van der Waals surface area contributed by atoms with Crippen LogP contribution >= 0.6 is 11.6 Å². The summed E-state index contributed by atoms with van der Waals surface area (Å²) in [5.41, 5.74) is 1.50. The number of carbonyl (C=O) groups is 2. The van der Waals surface area contributed by atoms with Crippen molar-refractivity contribution >= 4 is 29.3 Å². The minimum absolute atomic E-state index is 0.140. The van der Waals surface area contributed by atoms with E-state index >= 15 is 0 Å². The van der Waals surface area contributed by atoms with E-state index in [9.17, 15) is 9.59 Å². The lowest BCUT2D eigenvalue weighted by Gasteiger charge is -2.20. The van der Waals surface area contributed by atoms with Crippen molar-refractivity contribution in [3.05, 3.63) is 28.8 Å². The zero-order valence-electron chi connectivity index (χ0n) is 11.1. The molecule has 0 aromatic heterocycles. The van der Waals surface area contributed by atoms with Gasteiger partial charge in [-0.2, -0.15) is 0 Å². The van der Waals surface area contributed by atoms with Gasteiger partial charge in [-0.05, 0) is 24.6 Å². The van der Waals surface area contributed by atoms with Gasteiger partial charge in [-0.25, -0.2) is 4.79 Å². The maximum atomic E-state index is 11.9. The van der Waals surface area contributed by atoms with Crippen molar-refractivity contribution in [2.45, 2.75) is 13.8 Å². The highest BCUT2D eigenvalue weighted by atomic mass is 35.5. The SMILES string of the molecule is Cc1ccc(Cl)cc1NC(=O)N(C)CC(C)C(=O)O. The van der Waals surface area contributed by atoms with Crippen LogP contribution in [0.1, 0.15) is 12.5 Å². The maximum Gasteiger partial charge on any atom is 0.321 e. The van der Waals surface area contributed by atoms with Crippen molar-refractivity contribution in [1.82, 2.24) is 4.90 Å². The van der Waals surface area contributed by atoms with E-state index in [2.05, 4.69) is 5.32 Å². The molecule has 1 unspecified atom stereocenters. The summed E-state index contributed by atoms with van der Waals surface area (Å²) < 4.78 is 0. The summed E-state index contributed by atoms with van der Waals surface area (Å²) in [6, 6.07) is 4.84. The Morgan fingerprint density at radius 3 is 2.68 bits per heavy atom. The third kappa shape index (κ3) is 4.44. The van der Waals surface area contributed by atoms with Crippen LogP contribution in [0.25, 0.3) is 0 Å². The minimum atomic E-state index is -0.932. The van der Waals surface area contributed by atoms with E-state index in [-0.39, 0.29) is 12.6 Å². The van der Waals surface area contributed by atoms with Crippen LogP contribution in [0.3, 0.4) is 0 Å². The lowest BCUT2D eigenvalue weighted by molar-refractivity contribution is -0.141. The number of halogens is 1. The van der Waals surface area contributed by atoms with Crippen LogP contribution in [0.15, 0.2) is 18.2 Å². The summed E-state index contributed by atoms with van der Waals surface area (Å²) in [7, 11) is 1.55. The van der Waals surface area contributed by atoms with E-state index in [0.717, 1.165) is 5.56 Å². The van der Waals surface area contributed by atoms with Gasteiger partial charge in [-0.3, -0.25) is 4.79 Å². The predicted octanol–water partition coefficient (Wildman–Crippen LogP) is 2.83. The molecule has 2 N–H and O–H groups in total. The highest BCUT2D eigenvalue weighted by Crippen LogP contribution is 2.20. The molecule has 0 bridgehead atoms. The third-order valence-corrected chi connectivity index (χ3v) is 2.99. The van der Waals surface area contributed by atoms with Crippen molar-refractivity contribution in [2.24, 2.45) is 5.92 Å². The quantitative estimate of drug-likeness (QED) is 0.893. The Morgan fingerprint density at radius 1 is 1.47 bits per heavy atom. The molecule has 0 aliphatic carbocycles. The molecule has 0 spiro atoms. The number of aryl methyl sites for hydroxylation is 1. The number of urea groups is 1. The van der Waals surface area contributed by atoms with Crippen molar-refractivity contribution in [1.29, 1.82) is 0 Å². The van der Waals surface area contributed by atoms with Gasteiger partial charge in [-0.1, -0.05) is 24.6 Å². The average Bonchev–Trinajstić information content (AvgIpc) is 2.33. The van der Waals surface area contributed by atoms with Crippen molar-refractivity contribution < 1.29 is 14.7 Å². The molecule has 0 radical (unpaired) electrons. The van der Waals surface area contributed by atoms with E-state index in [1.54, 1.807) is 32.2 Å². The largest absolute Gasteiger partial charge is 0.481 e. The molecule has 0 saturated carbocycles. The molecule has 0 heterocycles. The van der Waals surface area contributed by atoms with Crippen LogP contribution in [0.2, 0.25) is 5.02 Å². The van der Waals surface area contributed by atoms with Crippen LogP contribution in [0, 0.1) is 12.8 Å². The molecule has 2 amide bonds. The maximum absolute atomic E-state index is 11.9. The number of amides is 2. The van der Waals surface area contributed by atoms with Crippen LogP contribution in [0.4, 0.5) is 10.5 Å². The molecular weight excluding hydrogens is 268 g/mol. The number of benzene rings is 1. The van der Waals surface area contributed by atoms with Crippen LogP contribution in [-0.4, -0.2) is 35.6 Å². The van der Waals surface area contributed by atoms with Gasteiger partial charge in [0.05, 0.1) is 5.92 Å². The Labute approximate surface area is 117 Å². The second-order valence-corrected chi connectivity index (χ2v) is 4.95. The molecular formula is C13H17ClN2O3. The van der Waals surface area contributed by atoms with Crippen molar-refractivity contribution in [3.63, 3.8) is 0 Å². The number of nitrogens with zero attached hydrogens (tertiary/aromatic N) is 1. The van der Waals surface area contributed by atoms with E-state index in [0.29, 0.717) is 10.7 Å². The number of carboxylic acid groups (broad SMARTS) is 1. The zero-order chi connectivity index (χ0) is 14.6. The summed E-state index contributed by atoms with van der Waals surface area (Å²) in [5, 5.41) is 12.0. The fourth-order valence-electron chi connectivity index (χ4n) is 1.51. The van der Waals surface area contributed by atoms with Crippen LogP contribution in [0.5, 0.6) is 0 Å². The molecule has 19 heavy (non-hydrogen) atoms. The van der Waals surface area contributed by atoms with E-state index in [1.807, 2.05) is 6.92 Å². The third-order valence-electron chi connectivity index (χ3n) is 2.76. The molecule has 104 valence electrons. The standard InChI is InChI=1S/C13H17ClN2O3/c1-8-4-5-10(14)6-11(8)15-13(19)16(3)7-9(2)12(17)18/h4-6,9H,7H2,1-3H3,(H,15,19)(H,17,18). The number of hydrogen-bond acceptors (Lipinski definition) is 2. The molecule has 1 rings (SSSR count). The number of hydrogen-bond donors (Lipinski definition) is 2. The van der Waals surface area contributed by atoms with Gasteiger partial charge in [0.2, 0.25) is 0 Å². The van der Waals surface area contributed by atoms with Crippen LogP contribution in [-0.2, 0) is 4.79 Å². The molecule has 0 aliphatic heterocycles. The first kappa shape index (κ1) is 15.3. The second-order valence-electron chi connectivity index (χ2n) is 4.51. The molecule has 1 aromatic carbocycles. The molecule has 1 aromatic rings. The van der Waals surface area contributed by atoms with Gasteiger partial charge in [0.15, 0.2) is 0 Å². The van der Waals surface area contributed by atoms with Gasteiger partial charge in [0.25, 0.3) is 0 Å². The summed E-state index contributed by atoms with van der Waals surface area (Å²) >= 11 is 5.86. The predicted molar refractivity (Wildman–Crippen MR) is 74.6 cm³/mol. The number of anilines is 1. The lowest BCUT2D eigenvalue weighted by Crippen LogP contribution is -2.36. The summed E-state index contributed by atoms with van der Waals surface area (Å²) in [6.07, 6.45) is 0. The smallest absolute Gasteiger partial charge is 0.321 e. The molecule has 1 atom stereocenters. The van der Waals surface area contributed by atoms with Gasteiger partial charge >= 0.3 is 12.0 Å². The highest BCUT2D eigenvalue weighted by Gasteiger charge is 2.17. The molecule has 6 heteroatoms. The van der Waals surface area contributed by atoms with Crippen molar-refractivity contribution in [2.75, 3.05) is 18.9 Å². The highest BCUT2D eigenvalue weighted by molar-refractivity contribution is 6.31. The Kier molecular flexibility index (Phi) is 5.18. The fraction of sp³-hybridized carbons (Fsp3) is 0.385. The van der Waals surface area contributed by atoms with Gasteiger partial charge in [0, 0.05) is 24.3 Å². The van der Waals surface area contributed by atoms with E-state index in [4.69, 9.17) is 16.7 Å². The molecule has 5 nitrogen and oxygen atoms in total. The van der Waals surface area contributed by atoms with Crippen molar-refractivity contribution in [3.8, 4) is 0 Å². The van der Waals surface area contributed by atoms with Gasteiger partial charge < -0.3 is 15.3 Å². The monoisotopic (exact) mass is 284 g/mol. The number of carbonyl (C=O) groups excluding carboxylic acids is 1. The van der Waals surface area contributed by atoms with E-state index in [1.165, 1.54) is 4.90 Å². The minimum Gasteiger partial charge on any atom is -0.481 e. The summed E-state index contributed by atoms with van der Waals surface area (Å²) in [6.45, 7) is 3.54. The van der Waals surface area contributed by atoms with Gasteiger partial charge in [-0.15, -0.1) is 0 Å². The lowest BCUT2D eigenvalue weighted by atomic mass is 10.2. The zero-order valence-corrected chi connectivity index (χ0v) is 11.9. The first-order valence-electron chi connectivity index (χ1n) is 5.82. The molecule has 0 saturated heterocycles. The van der Waals surface area contributed by atoms with Gasteiger partial charge in [0.1, 0.15) is 0 Å². The summed E-state index contributed by atoms with van der Waals surface area (Å²) in [4.78, 5) is 24.0. The summed E-state index contributed by atoms with van der Waals surface area (Å²) in [5.74, 6) is -1.55. The Hall–Kier alpha value is -1.75. The van der Waals surface area contributed by atoms with Crippen LogP contribution < -0.4 is 5.32 Å². The van der Waals surface area contributed by atoms with E-state index < -0.39 is 11.9 Å². The Morgan fingerprint density at radius 2 is 2.11 bits per heavy atom. The fourth-order valence-corrected chi connectivity index (χ4v) is 1.68. The topological polar surface area (TPSA) is 69.6 Å². The first-order chi connectivity index (χ1) is 8.81. The Bertz CT molecular complexity index is 491. The normalized spacial score (nSPS) is 11.8. The number of aliphatic carboxylic acids is 1. The number of nitrogens with one attached hydrogen (secondary N) is 1. The second kappa shape index (κ2) is 6.43. The molecule has 0 fully saturated rings. The Balaban J connectivity index is 2.68. The number of rotatable bonds is 4. The molecule has 0 aliphatic rings. The average molecular weight is 285 g/mol. The first-order valence-corrected chi connectivity index (χ1v) is 6.20. The number of carboxylic acids is 1.